The molecule has 4 heterocycles. The third kappa shape index (κ3) is 3.84. The van der Waals surface area contributed by atoms with Gasteiger partial charge in [-0.15, -0.1) is 16.4 Å². The number of anilines is 2. The zero-order valence-corrected chi connectivity index (χ0v) is 18.9. The first kappa shape index (κ1) is 20.6. The molecule has 8 nitrogen and oxygen atoms in total. The minimum atomic E-state index is -0.456. The van der Waals surface area contributed by atoms with Crippen LogP contribution in [0.25, 0.3) is 16.2 Å². The van der Waals surface area contributed by atoms with Gasteiger partial charge in [0.15, 0.2) is 0 Å². The van der Waals surface area contributed by atoms with Crippen molar-refractivity contribution in [2.45, 2.75) is 45.4 Å². The van der Waals surface area contributed by atoms with E-state index >= 15 is 0 Å². The van der Waals surface area contributed by atoms with E-state index in [1.807, 2.05) is 43.5 Å². The number of fused-ring (bicyclic) bond motifs is 1. The smallest absolute Gasteiger partial charge is 0.250 e. The van der Waals surface area contributed by atoms with Gasteiger partial charge in [0.25, 0.3) is 0 Å². The van der Waals surface area contributed by atoms with Crippen LogP contribution in [0.4, 0.5) is 11.6 Å². The van der Waals surface area contributed by atoms with Crippen LogP contribution in [0.3, 0.4) is 0 Å². The molecule has 5 rings (SSSR count). The molecule has 1 aliphatic carbocycles. The number of nitrogens with two attached hydrogens (primary N) is 1. The molecule has 4 aromatic rings. The summed E-state index contributed by atoms with van der Waals surface area (Å²) in [5.74, 6) is -0.116. The summed E-state index contributed by atoms with van der Waals surface area (Å²) in [4.78, 5) is 27.9. The van der Waals surface area contributed by atoms with Crippen molar-refractivity contribution in [3.8, 4) is 11.3 Å². The third-order valence-corrected chi connectivity index (χ3v) is 7.01. The van der Waals surface area contributed by atoms with Crippen molar-refractivity contribution in [1.29, 1.82) is 0 Å². The summed E-state index contributed by atoms with van der Waals surface area (Å²) in [6.07, 6.45) is 5.93. The molecule has 32 heavy (non-hydrogen) atoms. The van der Waals surface area contributed by atoms with Crippen LogP contribution in [0.5, 0.6) is 0 Å². The molecule has 1 unspecified atom stereocenters. The summed E-state index contributed by atoms with van der Waals surface area (Å²) >= 11 is 1.50. The normalized spacial score (nSPS) is 15.3. The molecular weight excluding hydrogens is 422 g/mol. The van der Waals surface area contributed by atoms with Crippen LogP contribution in [0, 0.1) is 19.8 Å². The van der Waals surface area contributed by atoms with E-state index in [9.17, 15) is 4.79 Å². The van der Waals surface area contributed by atoms with Gasteiger partial charge in [-0.1, -0.05) is 12.8 Å². The van der Waals surface area contributed by atoms with E-state index in [1.165, 1.54) is 11.3 Å². The van der Waals surface area contributed by atoms with Crippen molar-refractivity contribution in [2.24, 2.45) is 5.92 Å². The fourth-order valence-corrected chi connectivity index (χ4v) is 5.28. The highest BCUT2D eigenvalue weighted by atomic mass is 32.1. The van der Waals surface area contributed by atoms with E-state index in [-0.39, 0.29) is 11.8 Å². The Morgan fingerprint density at radius 1 is 1.22 bits per heavy atom. The molecule has 0 spiro atoms. The van der Waals surface area contributed by atoms with Crippen LogP contribution in [0.15, 0.2) is 35.8 Å². The number of carbonyl (C=O) groups excluding carboxylic acids is 1. The van der Waals surface area contributed by atoms with E-state index < -0.39 is 5.92 Å². The van der Waals surface area contributed by atoms with Gasteiger partial charge in [-0.3, -0.25) is 15.1 Å². The molecule has 0 bridgehead atoms. The van der Waals surface area contributed by atoms with Crippen LogP contribution >= 0.6 is 11.3 Å². The number of nitrogen functional groups attached to an aromatic ring is 1. The first-order valence-electron chi connectivity index (χ1n) is 10.8. The topological polar surface area (TPSA) is 111 Å². The number of amides is 1. The molecular formula is C23H25N7OS. The highest BCUT2D eigenvalue weighted by Gasteiger charge is 2.35. The maximum atomic E-state index is 13.5. The first-order chi connectivity index (χ1) is 15.5. The summed E-state index contributed by atoms with van der Waals surface area (Å²) in [5.41, 5.74) is 11.2. The fraction of sp³-hybridized carbons (Fsp3) is 0.348. The van der Waals surface area contributed by atoms with E-state index in [0.29, 0.717) is 17.3 Å². The number of nitrogens with one attached hydrogen (secondary N) is 1. The van der Waals surface area contributed by atoms with Gasteiger partial charge >= 0.3 is 0 Å². The summed E-state index contributed by atoms with van der Waals surface area (Å²) in [7, 11) is 0. The zero-order valence-electron chi connectivity index (χ0n) is 18.1. The van der Waals surface area contributed by atoms with Gasteiger partial charge in [-0.05, 0) is 56.9 Å². The van der Waals surface area contributed by atoms with Crippen molar-refractivity contribution in [2.75, 3.05) is 11.1 Å². The lowest BCUT2D eigenvalue weighted by Gasteiger charge is -2.23. The number of hydrogen-bond donors (Lipinski definition) is 2. The van der Waals surface area contributed by atoms with Crippen LogP contribution in [-0.2, 0) is 4.79 Å². The second-order valence-corrected chi connectivity index (χ2v) is 9.21. The minimum Gasteiger partial charge on any atom is -0.397 e. The van der Waals surface area contributed by atoms with Crippen LogP contribution < -0.4 is 11.1 Å². The van der Waals surface area contributed by atoms with Gasteiger partial charge in [0.1, 0.15) is 0 Å². The summed E-state index contributed by atoms with van der Waals surface area (Å²) in [6, 6.07) is 7.64. The van der Waals surface area contributed by atoms with E-state index in [4.69, 9.17) is 10.7 Å². The van der Waals surface area contributed by atoms with Gasteiger partial charge in [0.05, 0.1) is 28.7 Å². The van der Waals surface area contributed by atoms with Crippen molar-refractivity contribution in [3.05, 3.63) is 52.9 Å². The first-order valence-corrected chi connectivity index (χ1v) is 11.7. The van der Waals surface area contributed by atoms with Crippen LogP contribution in [-0.4, -0.2) is 30.5 Å². The van der Waals surface area contributed by atoms with Crippen molar-refractivity contribution < 1.29 is 4.79 Å². The second-order valence-electron chi connectivity index (χ2n) is 8.38. The Labute approximate surface area is 189 Å². The number of rotatable bonds is 5. The predicted octanol–water partition coefficient (Wildman–Crippen LogP) is 4.36. The van der Waals surface area contributed by atoms with Crippen LogP contribution in [0.2, 0.25) is 0 Å². The van der Waals surface area contributed by atoms with Gasteiger partial charge < -0.3 is 5.73 Å². The van der Waals surface area contributed by atoms with E-state index in [0.717, 1.165) is 53.3 Å². The van der Waals surface area contributed by atoms with Crippen LogP contribution in [0.1, 0.15) is 48.7 Å². The number of aromatic nitrogens is 5. The molecule has 4 aromatic heterocycles. The number of hydrogen-bond acceptors (Lipinski definition) is 7. The molecule has 0 aliphatic heterocycles. The number of nitrogens with zero attached hydrogens (tertiary/aromatic N) is 5. The number of pyridine rings is 2. The highest BCUT2D eigenvalue weighted by Crippen LogP contribution is 2.40. The van der Waals surface area contributed by atoms with Gasteiger partial charge in [-0.2, -0.15) is 4.98 Å². The summed E-state index contributed by atoms with van der Waals surface area (Å²) in [5, 5.41) is 9.36. The minimum absolute atomic E-state index is 0.157. The lowest BCUT2D eigenvalue weighted by molar-refractivity contribution is -0.118. The Kier molecular flexibility index (Phi) is 5.34. The predicted molar refractivity (Wildman–Crippen MR) is 126 cm³/mol. The molecule has 0 saturated heterocycles. The molecule has 9 heteroatoms. The Balaban J connectivity index is 1.51. The second kappa shape index (κ2) is 8.31. The van der Waals surface area contributed by atoms with Gasteiger partial charge in [0.2, 0.25) is 16.8 Å². The van der Waals surface area contributed by atoms with Gasteiger partial charge in [-0.25, -0.2) is 9.50 Å². The highest BCUT2D eigenvalue weighted by molar-refractivity contribution is 7.15. The summed E-state index contributed by atoms with van der Waals surface area (Å²) in [6.45, 7) is 3.91. The molecule has 0 aromatic carbocycles. The quantitative estimate of drug-likeness (QED) is 0.470. The molecule has 164 valence electrons. The van der Waals surface area contributed by atoms with E-state index in [1.54, 1.807) is 10.7 Å². The maximum absolute atomic E-state index is 13.5. The Bertz CT molecular complexity index is 1290. The lowest BCUT2D eigenvalue weighted by atomic mass is 9.86. The third-order valence-electron chi connectivity index (χ3n) is 6.08. The lowest BCUT2D eigenvalue weighted by Crippen LogP contribution is -2.28. The van der Waals surface area contributed by atoms with Crippen molar-refractivity contribution in [1.82, 2.24) is 24.6 Å². The molecule has 3 N–H and O–H groups in total. The molecule has 1 amide bonds. The standard InChI is InChI=1S/C23H25N7OS/c1-13-11-16(9-10-25-13)18-8-7-17(24)20(26-18)19(15-5-3-4-6-15)21(31)27-22-28-23-30(29-22)14(2)12-32-23/h7-12,15,19H,3-6,24H2,1-2H3,(H,27,29,31). The largest absolute Gasteiger partial charge is 0.397 e. The fourth-order valence-electron chi connectivity index (χ4n) is 4.49. The van der Waals surface area contributed by atoms with Crippen molar-refractivity contribution in [3.63, 3.8) is 0 Å². The molecule has 1 aliphatic rings. The number of aryl methyl sites for hydroxylation is 2. The molecule has 0 radical (unpaired) electrons. The molecule has 1 atom stereocenters. The molecule has 1 saturated carbocycles. The summed E-state index contributed by atoms with van der Waals surface area (Å²) < 4.78 is 1.74. The number of thiazole rings is 1. The number of carbonyl (C=O) groups is 1. The maximum Gasteiger partial charge on any atom is 0.250 e. The zero-order chi connectivity index (χ0) is 22.2. The monoisotopic (exact) mass is 447 g/mol. The Hall–Kier alpha value is -3.33. The Morgan fingerprint density at radius 2 is 2.03 bits per heavy atom. The van der Waals surface area contributed by atoms with Gasteiger partial charge in [0, 0.05) is 22.8 Å². The Morgan fingerprint density at radius 3 is 2.78 bits per heavy atom. The SMILES string of the molecule is Cc1cc(-c2ccc(N)c(C(C(=O)Nc3nc4scc(C)n4n3)C3CCCC3)n2)ccn1. The van der Waals surface area contributed by atoms with E-state index in [2.05, 4.69) is 20.4 Å². The average molecular weight is 448 g/mol. The average Bonchev–Trinajstić information content (AvgIpc) is 3.50. The van der Waals surface area contributed by atoms with Crippen molar-refractivity contribution >= 4 is 33.8 Å². The molecule has 1 fully saturated rings.